The first-order valence-corrected chi connectivity index (χ1v) is 3.82. The van der Waals surface area contributed by atoms with Crippen LogP contribution in [0.3, 0.4) is 0 Å². The average molecular weight is 174 g/mol. The van der Waals surface area contributed by atoms with Gasteiger partial charge in [0.2, 0.25) is 0 Å². The smallest absolute Gasteiger partial charge is 0.0302 e. The molecule has 0 aliphatic carbocycles. The van der Waals surface area contributed by atoms with Gasteiger partial charge in [-0.2, -0.15) is 0 Å². The molecule has 0 amide bonds. The predicted octanol–water partition coefficient (Wildman–Crippen LogP) is 2.52. The first-order chi connectivity index (χ1) is 3.68. The molecule has 0 nitrogen and oxygen atoms in total. The van der Waals surface area contributed by atoms with Crippen molar-refractivity contribution in [2.45, 2.75) is 0 Å². The maximum absolute atomic E-state index is 5.48. The quantitative estimate of drug-likeness (QED) is 0.577. The SMILES string of the molecule is [CH2]C(CCl)(CCl)CCl. The summed E-state index contributed by atoms with van der Waals surface area (Å²) in [7, 11) is 0. The molecule has 0 aromatic carbocycles. The highest BCUT2D eigenvalue weighted by molar-refractivity contribution is 6.24. The van der Waals surface area contributed by atoms with Crippen LogP contribution in [0.15, 0.2) is 0 Å². The van der Waals surface area contributed by atoms with E-state index in [1.165, 1.54) is 0 Å². The number of hydrogen-bond donors (Lipinski definition) is 0. The summed E-state index contributed by atoms with van der Waals surface area (Å²) < 4.78 is 0. The summed E-state index contributed by atoms with van der Waals surface area (Å²) in [4.78, 5) is 0. The summed E-state index contributed by atoms with van der Waals surface area (Å²) in [6.45, 7) is 3.73. The lowest BCUT2D eigenvalue weighted by molar-refractivity contribution is 0.563. The van der Waals surface area contributed by atoms with Gasteiger partial charge >= 0.3 is 0 Å². The van der Waals surface area contributed by atoms with Crippen molar-refractivity contribution in [2.24, 2.45) is 5.41 Å². The Labute approximate surface area is 65.1 Å². The van der Waals surface area contributed by atoms with Crippen molar-refractivity contribution >= 4 is 34.8 Å². The van der Waals surface area contributed by atoms with E-state index in [1.807, 2.05) is 0 Å². The van der Waals surface area contributed by atoms with Crippen LogP contribution in [0.25, 0.3) is 0 Å². The molecule has 0 unspecified atom stereocenters. The van der Waals surface area contributed by atoms with Crippen molar-refractivity contribution in [1.29, 1.82) is 0 Å². The van der Waals surface area contributed by atoms with Crippen LogP contribution in [0.1, 0.15) is 0 Å². The van der Waals surface area contributed by atoms with Crippen molar-refractivity contribution in [3.63, 3.8) is 0 Å². The zero-order chi connectivity index (χ0) is 6.62. The second-order valence-corrected chi connectivity index (χ2v) is 2.70. The Morgan fingerprint density at radius 3 is 1.25 bits per heavy atom. The zero-order valence-corrected chi connectivity index (χ0v) is 6.73. The van der Waals surface area contributed by atoms with Crippen LogP contribution in [0.5, 0.6) is 0 Å². The highest BCUT2D eigenvalue weighted by Crippen LogP contribution is 2.20. The Morgan fingerprint density at radius 2 is 1.25 bits per heavy atom. The Kier molecular flexibility index (Phi) is 4.23. The predicted molar refractivity (Wildman–Crippen MR) is 40.0 cm³/mol. The van der Waals surface area contributed by atoms with Gasteiger partial charge in [-0.25, -0.2) is 0 Å². The molecule has 0 fully saturated rings. The second-order valence-electron chi connectivity index (χ2n) is 1.90. The number of halogens is 3. The number of alkyl halides is 3. The zero-order valence-electron chi connectivity index (χ0n) is 4.46. The van der Waals surface area contributed by atoms with E-state index in [0.29, 0.717) is 17.6 Å². The van der Waals surface area contributed by atoms with E-state index >= 15 is 0 Å². The molecule has 3 heteroatoms. The molecule has 0 saturated heterocycles. The van der Waals surface area contributed by atoms with Crippen LogP contribution in [0.2, 0.25) is 0 Å². The van der Waals surface area contributed by atoms with Crippen molar-refractivity contribution < 1.29 is 0 Å². The molecule has 0 aromatic rings. The fourth-order valence-corrected chi connectivity index (χ4v) is 0.964. The maximum atomic E-state index is 5.48. The monoisotopic (exact) mass is 173 g/mol. The second kappa shape index (κ2) is 3.81. The largest absolute Gasteiger partial charge is 0.126 e. The van der Waals surface area contributed by atoms with Crippen molar-refractivity contribution in [3.05, 3.63) is 6.92 Å². The first-order valence-electron chi connectivity index (χ1n) is 2.22. The minimum atomic E-state index is -0.329. The standard InChI is InChI=1S/C5H8Cl3/c1-5(2-6,3-7)4-8/h1-4H2. The van der Waals surface area contributed by atoms with Gasteiger partial charge in [-0.3, -0.25) is 0 Å². The van der Waals surface area contributed by atoms with Crippen LogP contribution >= 0.6 is 34.8 Å². The molecule has 0 heterocycles. The molecule has 0 bridgehead atoms. The normalized spacial score (nSPS) is 12.0. The average Bonchev–Trinajstić information content (AvgIpc) is 1.87. The lowest BCUT2D eigenvalue weighted by Crippen LogP contribution is -2.22. The summed E-state index contributed by atoms with van der Waals surface area (Å²) in [6, 6.07) is 0. The van der Waals surface area contributed by atoms with Gasteiger partial charge in [-0.05, 0) is 6.92 Å². The molecule has 0 spiro atoms. The molecule has 0 saturated carbocycles. The van der Waals surface area contributed by atoms with E-state index in [9.17, 15) is 0 Å². The van der Waals surface area contributed by atoms with Gasteiger partial charge in [0, 0.05) is 23.1 Å². The Bertz CT molecular complexity index is 50.4. The lowest BCUT2D eigenvalue weighted by atomic mass is 10.00. The molecule has 0 atom stereocenters. The van der Waals surface area contributed by atoms with Gasteiger partial charge in [0.25, 0.3) is 0 Å². The van der Waals surface area contributed by atoms with Gasteiger partial charge < -0.3 is 0 Å². The van der Waals surface area contributed by atoms with Gasteiger partial charge in [0.1, 0.15) is 0 Å². The summed E-state index contributed by atoms with van der Waals surface area (Å²) >= 11 is 16.4. The van der Waals surface area contributed by atoms with E-state index in [0.717, 1.165) is 0 Å². The molecule has 0 rings (SSSR count). The van der Waals surface area contributed by atoms with Crippen LogP contribution in [-0.4, -0.2) is 17.6 Å². The third-order valence-corrected chi connectivity index (χ3v) is 2.55. The van der Waals surface area contributed by atoms with Crippen molar-refractivity contribution in [1.82, 2.24) is 0 Å². The third kappa shape index (κ3) is 2.43. The molecule has 1 radical (unpaired) electrons. The minimum absolute atomic E-state index is 0.329. The fraction of sp³-hybridized carbons (Fsp3) is 0.800. The third-order valence-electron chi connectivity index (χ3n) is 0.850. The topological polar surface area (TPSA) is 0 Å². The van der Waals surface area contributed by atoms with E-state index in [-0.39, 0.29) is 5.41 Å². The Morgan fingerprint density at radius 1 is 1.00 bits per heavy atom. The van der Waals surface area contributed by atoms with Crippen molar-refractivity contribution in [2.75, 3.05) is 17.6 Å². The summed E-state index contributed by atoms with van der Waals surface area (Å²) in [5.74, 6) is 1.25. The van der Waals surface area contributed by atoms with Crippen molar-refractivity contribution in [3.8, 4) is 0 Å². The summed E-state index contributed by atoms with van der Waals surface area (Å²) in [5.41, 5.74) is -0.329. The Hall–Kier alpha value is 0.870. The van der Waals surface area contributed by atoms with Crippen LogP contribution < -0.4 is 0 Å². The highest BCUT2D eigenvalue weighted by atomic mass is 35.5. The fourth-order valence-electron chi connectivity index (χ4n) is 0.107. The molecule has 0 aliphatic rings. The molecule has 0 aliphatic heterocycles. The van der Waals surface area contributed by atoms with Gasteiger partial charge in [-0.15, -0.1) is 34.8 Å². The minimum Gasteiger partial charge on any atom is -0.126 e. The van der Waals surface area contributed by atoms with Gasteiger partial charge in [-0.1, -0.05) is 0 Å². The van der Waals surface area contributed by atoms with E-state index in [4.69, 9.17) is 34.8 Å². The van der Waals surface area contributed by atoms with Crippen LogP contribution in [-0.2, 0) is 0 Å². The van der Waals surface area contributed by atoms with Gasteiger partial charge in [0.05, 0.1) is 0 Å². The Balaban J connectivity index is 3.58. The first kappa shape index (κ1) is 8.87. The highest BCUT2D eigenvalue weighted by Gasteiger charge is 2.20. The van der Waals surface area contributed by atoms with E-state index in [2.05, 4.69) is 6.92 Å². The summed E-state index contributed by atoms with van der Waals surface area (Å²) in [6.07, 6.45) is 0. The molecular formula is C5H8Cl3. The molecule has 0 N–H and O–H groups in total. The summed E-state index contributed by atoms with van der Waals surface area (Å²) in [5, 5.41) is 0. The number of hydrogen-bond acceptors (Lipinski definition) is 0. The molecule has 8 heavy (non-hydrogen) atoms. The molecular weight excluding hydrogens is 166 g/mol. The van der Waals surface area contributed by atoms with Crippen LogP contribution in [0.4, 0.5) is 0 Å². The maximum Gasteiger partial charge on any atom is 0.0302 e. The molecule has 49 valence electrons. The number of rotatable bonds is 3. The van der Waals surface area contributed by atoms with Crippen LogP contribution in [0, 0.1) is 12.3 Å². The van der Waals surface area contributed by atoms with E-state index in [1.54, 1.807) is 0 Å². The van der Waals surface area contributed by atoms with Gasteiger partial charge in [0.15, 0.2) is 0 Å². The van der Waals surface area contributed by atoms with E-state index < -0.39 is 0 Å². The molecule has 0 aromatic heterocycles. The lowest BCUT2D eigenvalue weighted by Gasteiger charge is -2.19.